The highest BCUT2D eigenvalue weighted by atomic mass is 16.5. The lowest BCUT2D eigenvalue weighted by molar-refractivity contribution is -0.113. The number of anilines is 2. The summed E-state index contributed by atoms with van der Waals surface area (Å²) in [6, 6.07) is 15.8. The largest absolute Gasteiger partial charge is 0.488 e. The number of amides is 1. The predicted octanol–water partition coefficient (Wildman–Crippen LogP) is 3.24. The molecule has 1 N–H and O–H groups in total. The van der Waals surface area contributed by atoms with Gasteiger partial charge in [0.1, 0.15) is 12.4 Å². The molecule has 2 aliphatic rings. The molecule has 1 fully saturated rings. The predicted molar refractivity (Wildman–Crippen MR) is 109 cm³/mol. The van der Waals surface area contributed by atoms with Crippen LogP contribution in [0.15, 0.2) is 54.1 Å². The summed E-state index contributed by atoms with van der Waals surface area (Å²) in [5.41, 5.74) is 3.52. The van der Waals surface area contributed by atoms with Crippen LogP contribution in [-0.4, -0.2) is 50.1 Å². The maximum atomic E-state index is 12.8. The van der Waals surface area contributed by atoms with Gasteiger partial charge in [-0.25, -0.2) is 0 Å². The maximum absolute atomic E-state index is 12.8. The molecule has 5 heteroatoms. The number of benzene rings is 2. The Bertz CT molecular complexity index is 854. The number of nitrogens with one attached hydrogen (secondary N) is 1. The lowest BCUT2D eigenvalue weighted by Gasteiger charge is -2.36. The van der Waals surface area contributed by atoms with E-state index in [0.29, 0.717) is 12.2 Å². The summed E-state index contributed by atoms with van der Waals surface area (Å²) in [5, 5.41) is 3.09. The molecule has 0 spiro atoms. The summed E-state index contributed by atoms with van der Waals surface area (Å²) in [6.07, 6.45) is 1.91. The van der Waals surface area contributed by atoms with Crippen molar-refractivity contribution in [3.8, 4) is 5.75 Å². The molecule has 2 aliphatic heterocycles. The zero-order valence-electron chi connectivity index (χ0n) is 15.6. The van der Waals surface area contributed by atoms with Gasteiger partial charge in [0.05, 0.1) is 16.9 Å². The van der Waals surface area contributed by atoms with E-state index in [1.165, 1.54) is 0 Å². The number of ether oxygens (including phenoxy) is 1. The average Bonchev–Trinajstić information content (AvgIpc) is 2.74. The van der Waals surface area contributed by atoms with Crippen molar-refractivity contribution < 1.29 is 9.53 Å². The standard InChI is InChI=1S/C22H25N3O2/c1-2-24-11-13-25(14-12-24)20-9-5-4-8-19(20)23-22(26)18-15-17-7-3-6-10-21(17)27-16-18/h3-10,15H,2,11-14,16H2,1H3,(H,23,26). The molecular weight excluding hydrogens is 338 g/mol. The van der Waals surface area contributed by atoms with E-state index < -0.39 is 0 Å². The Morgan fingerprint density at radius 2 is 1.78 bits per heavy atom. The second kappa shape index (κ2) is 7.84. The first-order chi connectivity index (χ1) is 13.2. The number of carbonyl (C=O) groups is 1. The second-order valence-electron chi connectivity index (χ2n) is 6.89. The van der Waals surface area contributed by atoms with E-state index >= 15 is 0 Å². The smallest absolute Gasteiger partial charge is 0.255 e. The van der Waals surface area contributed by atoms with Crippen LogP contribution in [0.25, 0.3) is 6.08 Å². The SMILES string of the molecule is CCN1CCN(c2ccccc2NC(=O)C2=Cc3ccccc3OC2)CC1. The molecule has 1 amide bonds. The quantitative estimate of drug-likeness (QED) is 0.906. The van der Waals surface area contributed by atoms with E-state index in [2.05, 4.69) is 28.1 Å². The van der Waals surface area contributed by atoms with Gasteiger partial charge in [-0.05, 0) is 30.8 Å². The number of nitrogens with zero attached hydrogens (tertiary/aromatic N) is 2. The van der Waals surface area contributed by atoms with Gasteiger partial charge < -0.3 is 19.9 Å². The minimum Gasteiger partial charge on any atom is -0.488 e. The Kier molecular flexibility index (Phi) is 5.12. The van der Waals surface area contributed by atoms with Crippen molar-refractivity contribution in [3.63, 3.8) is 0 Å². The van der Waals surface area contributed by atoms with Crippen LogP contribution < -0.4 is 15.0 Å². The summed E-state index contributed by atoms with van der Waals surface area (Å²) >= 11 is 0. The third kappa shape index (κ3) is 3.83. The normalized spacial score (nSPS) is 16.9. The molecule has 0 bridgehead atoms. The fourth-order valence-corrected chi connectivity index (χ4v) is 3.61. The highest BCUT2D eigenvalue weighted by Gasteiger charge is 2.21. The van der Waals surface area contributed by atoms with Crippen molar-refractivity contribution in [2.45, 2.75) is 6.92 Å². The maximum Gasteiger partial charge on any atom is 0.255 e. The van der Waals surface area contributed by atoms with Crippen LogP contribution in [0.1, 0.15) is 12.5 Å². The van der Waals surface area contributed by atoms with Crippen LogP contribution in [0.5, 0.6) is 5.75 Å². The number of piperazine rings is 1. The van der Waals surface area contributed by atoms with Gasteiger partial charge in [-0.1, -0.05) is 37.3 Å². The lowest BCUT2D eigenvalue weighted by Crippen LogP contribution is -2.46. The highest BCUT2D eigenvalue weighted by Crippen LogP contribution is 2.29. The fraction of sp³-hybridized carbons (Fsp3) is 0.318. The number of fused-ring (bicyclic) bond motifs is 1. The van der Waals surface area contributed by atoms with Gasteiger partial charge in [0, 0.05) is 31.7 Å². The van der Waals surface area contributed by atoms with Crippen LogP contribution in [0.2, 0.25) is 0 Å². The van der Waals surface area contributed by atoms with Gasteiger partial charge in [-0.15, -0.1) is 0 Å². The first-order valence-electron chi connectivity index (χ1n) is 9.54. The van der Waals surface area contributed by atoms with Gasteiger partial charge >= 0.3 is 0 Å². The van der Waals surface area contributed by atoms with Gasteiger partial charge in [0.25, 0.3) is 5.91 Å². The summed E-state index contributed by atoms with van der Waals surface area (Å²) in [7, 11) is 0. The molecule has 0 unspecified atom stereocenters. The zero-order chi connectivity index (χ0) is 18.6. The summed E-state index contributed by atoms with van der Waals surface area (Å²) in [6.45, 7) is 7.62. The van der Waals surface area contributed by atoms with Crippen molar-refractivity contribution >= 4 is 23.4 Å². The molecule has 2 heterocycles. The molecule has 0 aliphatic carbocycles. The number of rotatable bonds is 4. The summed E-state index contributed by atoms with van der Waals surface area (Å²) in [4.78, 5) is 17.6. The van der Waals surface area contributed by atoms with Crippen LogP contribution in [0.3, 0.4) is 0 Å². The van der Waals surface area contributed by atoms with E-state index in [-0.39, 0.29) is 5.91 Å². The highest BCUT2D eigenvalue weighted by molar-refractivity contribution is 6.08. The number of carbonyl (C=O) groups excluding carboxylic acids is 1. The van der Waals surface area contributed by atoms with Crippen molar-refractivity contribution in [1.82, 2.24) is 4.90 Å². The number of likely N-dealkylation sites (N-methyl/N-ethyl adjacent to an activating group) is 1. The Hall–Kier alpha value is -2.79. The Morgan fingerprint density at radius 1 is 1.04 bits per heavy atom. The molecule has 0 saturated carbocycles. The van der Waals surface area contributed by atoms with Gasteiger partial charge in [0.2, 0.25) is 0 Å². The first kappa shape index (κ1) is 17.6. The molecule has 27 heavy (non-hydrogen) atoms. The lowest BCUT2D eigenvalue weighted by atomic mass is 10.1. The molecule has 5 nitrogen and oxygen atoms in total. The molecular formula is C22H25N3O2. The number of hydrogen-bond acceptors (Lipinski definition) is 4. The van der Waals surface area contributed by atoms with E-state index in [1.807, 2.05) is 48.5 Å². The molecule has 2 aromatic rings. The topological polar surface area (TPSA) is 44.8 Å². The van der Waals surface area contributed by atoms with Crippen molar-refractivity contribution in [2.75, 3.05) is 49.5 Å². The molecule has 0 aromatic heterocycles. The van der Waals surface area contributed by atoms with Crippen molar-refractivity contribution in [1.29, 1.82) is 0 Å². The van der Waals surface area contributed by atoms with E-state index in [4.69, 9.17) is 4.74 Å². The minimum absolute atomic E-state index is 0.107. The number of hydrogen-bond donors (Lipinski definition) is 1. The molecule has 4 rings (SSSR count). The van der Waals surface area contributed by atoms with E-state index in [0.717, 1.165) is 55.4 Å². The van der Waals surface area contributed by atoms with E-state index in [1.54, 1.807) is 0 Å². The molecule has 2 aromatic carbocycles. The Balaban J connectivity index is 1.50. The third-order valence-corrected chi connectivity index (χ3v) is 5.24. The van der Waals surface area contributed by atoms with Gasteiger partial charge in [0.15, 0.2) is 0 Å². The van der Waals surface area contributed by atoms with Crippen LogP contribution >= 0.6 is 0 Å². The van der Waals surface area contributed by atoms with Crippen molar-refractivity contribution in [3.05, 3.63) is 59.7 Å². The zero-order valence-corrected chi connectivity index (χ0v) is 15.6. The van der Waals surface area contributed by atoms with Crippen molar-refractivity contribution in [2.24, 2.45) is 0 Å². The van der Waals surface area contributed by atoms with Crippen LogP contribution in [0.4, 0.5) is 11.4 Å². The average molecular weight is 363 g/mol. The Morgan fingerprint density at radius 3 is 2.59 bits per heavy atom. The first-order valence-corrected chi connectivity index (χ1v) is 9.54. The fourth-order valence-electron chi connectivity index (χ4n) is 3.61. The monoisotopic (exact) mass is 363 g/mol. The number of para-hydroxylation sites is 3. The Labute approximate surface area is 160 Å². The third-order valence-electron chi connectivity index (χ3n) is 5.24. The van der Waals surface area contributed by atoms with E-state index in [9.17, 15) is 4.79 Å². The minimum atomic E-state index is -0.107. The van der Waals surface area contributed by atoms with Crippen LogP contribution in [-0.2, 0) is 4.79 Å². The summed E-state index contributed by atoms with van der Waals surface area (Å²) < 4.78 is 5.72. The molecule has 140 valence electrons. The summed E-state index contributed by atoms with van der Waals surface area (Å²) in [5.74, 6) is 0.715. The van der Waals surface area contributed by atoms with Gasteiger partial charge in [-0.3, -0.25) is 4.79 Å². The molecule has 0 radical (unpaired) electrons. The van der Waals surface area contributed by atoms with Gasteiger partial charge in [-0.2, -0.15) is 0 Å². The molecule has 0 atom stereocenters. The second-order valence-corrected chi connectivity index (χ2v) is 6.89. The molecule has 1 saturated heterocycles. The van der Waals surface area contributed by atoms with Crippen LogP contribution in [0, 0.1) is 0 Å².